The van der Waals surface area contributed by atoms with Crippen LogP contribution in [-0.2, 0) is 11.2 Å². The number of piperidine rings is 1. The molecule has 2 rings (SSSR count). The molecule has 1 saturated heterocycles. The number of rotatable bonds is 2. The molecule has 5 heteroatoms. The van der Waals surface area contributed by atoms with Gasteiger partial charge in [0.1, 0.15) is 11.6 Å². The molecule has 1 aromatic carbocycles. The number of likely N-dealkylation sites (tertiary alicyclic amines) is 1. The average Bonchev–Trinajstić information content (AvgIpc) is 2.36. The van der Waals surface area contributed by atoms with Crippen molar-refractivity contribution >= 4 is 21.8 Å². The molecule has 0 aromatic heterocycles. The largest absolute Gasteiger partial charge is 0.340 e. The first-order valence-electron chi connectivity index (χ1n) is 6.42. The van der Waals surface area contributed by atoms with Gasteiger partial charge < -0.3 is 4.90 Å². The van der Waals surface area contributed by atoms with Crippen molar-refractivity contribution in [3.05, 3.63) is 33.8 Å². The Morgan fingerprint density at radius 1 is 1.37 bits per heavy atom. The number of amides is 1. The number of hydrogen-bond acceptors (Lipinski definition) is 1. The molecule has 0 aliphatic carbocycles. The summed E-state index contributed by atoms with van der Waals surface area (Å²) < 4.78 is 27.2. The normalized spacial score (nSPS) is 19.6. The van der Waals surface area contributed by atoms with Crippen LogP contribution in [0.15, 0.2) is 16.6 Å². The van der Waals surface area contributed by atoms with Crippen molar-refractivity contribution in [2.24, 2.45) is 0 Å². The molecule has 0 spiro atoms. The molecule has 1 amide bonds. The summed E-state index contributed by atoms with van der Waals surface area (Å²) in [6.45, 7) is 2.70. The lowest BCUT2D eigenvalue weighted by Crippen LogP contribution is -2.42. The minimum absolute atomic E-state index is 0.0764. The monoisotopic (exact) mass is 331 g/mol. The molecular weight excluding hydrogens is 316 g/mol. The zero-order chi connectivity index (χ0) is 14.0. The summed E-state index contributed by atoms with van der Waals surface area (Å²) in [5.74, 6) is -1.23. The van der Waals surface area contributed by atoms with Gasteiger partial charge in [0, 0.05) is 18.2 Å². The van der Waals surface area contributed by atoms with Gasteiger partial charge in [0.15, 0.2) is 0 Å². The smallest absolute Gasteiger partial charge is 0.227 e. The van der Waals surface area contributed by atoms with Crippen LogP contribution in [0, 0.1) is 11.6 Å². The molecule has 2 nitrogen and oxygen atoms in total. The Balaban J connectivity index is 2.12. The third-order valence-corrected chi connectivity index (χ3v) is 4.16. The Bertz CT molecular complexity index is 493. The van der Waals surface area contributed by atoms with E-state index in [1.807, 2.05) is 6.92 Å². The summed E-state index contributed by atoms with van der Waals surface area (Å²) >= 11 is 2.92. The van der Waals surface area contributed by atoms with Gasteiger partial charge in [0.2, 0.25) is 5.91 Å². The van der Waals surface area contributed by atoms with Gasteiger partial charge in [-0.25, -0.2) is 8.78 Å². The maximum absolute atomic E-state index is 13.7. The highest BCUT2D eigenvalue weighted by molar-refractivity contribution is 9.10. The predicted octanol–water partition coefficient (Wildman–Crippen LogP) is 3.67. The minimum Gasteiger partial charge on any atom is -0.340 e. The second kappa shape index (κ2) is 5.99. The number of carbonyl (C=O) groups excluding carboxylic acids is 1. The predicted molar refractivity (Wildman–Crippen MR) is 72.8 cm³/mol. The number of benzene rings is 1. The van der Waals surface area contributed by atoms with Crippen molar-refractivity contribution in [1.29, 1.82) is 0 Å². The zero-order valence-corrected chi connectivity index (χ0v) is 12.3. The van der Waals surface area contributed by atoms with E-state index in [1.165, 1.54) is 0 Å². The Morgan fingerprint density at radius 2 is 2.11 bits per heavy atom. The quantitative estimate of drug-likeness (QED) is 0.757. The van der Waals surface area contributed by atoms with E-state index in [0.29, 0.717) is 6.54 Å². The van der Waals surface area contributed by atoms with Gasteiger partial charge in [-0.15, -0.1) is 0 Å². The van der Waals surface area contributed by atoms with Crippen LogP contribution >= 0.6 is 15.9 Å². The van der Waals surface area contributed by atoms with E-state index in [-0.39, 0.29) is 28.4 Å². The Kier molecular flexibility index (Phi) is 4.55. The molecule has 1 unspecified atom stereocenters. The van der Waals surface area contributed by atoms with Crippen LogP contribution in [-0.4, -0.2) is 23.4 Å². The maximum Gasteiger partial charge on any atom is 0.227 e. The Morgan fingerprint density at radius 3 is 2.79 bits per heavy atom. The highest BCUT2D eigenvalue weighted by Crippen LogP contribution is 2.22. The average molecular weight is 332 g/mol. The van der Waals surface area contributed by atoms with Crippen molar-refractivity contribution < 1.29 is 13.6 Å². The molecule has 0 saturated carbocycles. The van der Waals surface area contributed by atoms with E-state index in [0.717, 1.165) is 31.4 Å². The first-order chi connectivity index (χ1) is 8.99. The van der Waals surface area contributed by atoms with Crippen LogP contribution in [0.4, 0.5) is 8.78 Å². The molecule has 1 atom stereocenters. The van der Waals surface area contributed by atoms with E-state index in [4.69, 9.17) is 0 Å². The van der Waals surface area contributed by atoms with Gasteiger partial charge in [-0.05, 0) is 54.2 Å². The van der Waals surface area contributed by atoms with Gasteiger partial charge in [-0.3, -0.25) is 4.79 Å². The fourth-order valence-corrected chi connectivity index (χ4v) is 2.75. The number of halogens is 3. The summed E-state index contributed by atoms with van der Waals surface area (Å²) in [6.07, 6.45) is 2.99. The van der Waals surface area contributed by atoms with Crippen LogP contribution in [0.3, 0.4) is 0 Å². The van der Waals surface area contributed by atoms with Crippen LogP contribution < -0.4 is 0 Å². The summed E-state index contributed by atoms with van der Waals surface area (Å²) in [5, 5.41) is 0. The third-order valence-electron chi connectivity index (χ3n) is 3.55. The molecule has 1 fully saturated rings. The molecule has 0 bridgehead atoms. The van der Waals surface area contributed by atoms with Crippen molar-refractivity contribution in [2.75, 3.05) is 6.54 Å². The summed E-state index contributed by atoms with van der Waals surface area (Å²) in [6, 6.07) is 2.34. The highest BCUT2D eigenvalue weighted by Gasteiger charge is 2.24. The van der Waals surface area contributed by atoms with E-state index in [2.05, 4.69) is 15.9 Å². The van der Waals surface area contributed by atoms with Gasteiger partial charge >= 0.3 is 0 Å². The van der Waals surface area contributed by atoms with Gasteiger partial charge in [-0.2, -0.15) is 0 Å². The Labute approximate surface area is 119 Å². The van der Waals surface area contributed by atoms with Gasteiger partial charge in [-0.1, -0.05) is 0 Å². The second-order valence-electron chi connectivity index (χ2n) is 4.97. The molecule has 0 radical (unpaired) electrons. The molecule has 104 valence electrons. The number of nitrogens with zero attached hydrogens (tertiary/aromatic N) is 1. The summed E-state index contributed by atoms with van der Waals surface area (Å²) in [7, 11) is 0. The molecule has 0 N–H and O–H groups in total. The molecule has 1 aliphatic rings. The van der Waals surface area contributed by atoms with Crippen molar-refractivity contribution in [3.63, 3.8) is 0 Å². The van der Waals surface area contributed by atoms with E-state index in [9.17, 15) is 13.6 Å². The molecular formula is C14H16BrF2NO. The molecule has 19 heavy (non-hydrogen) atoms. The molecule has 1 heterocycles. The maximum atomic E-state index is 13.7. The van der Waals surface area contributed by atoms with Crippen LogP contribution in [0.2, 0.25) is 0 Å². The lowest BCUT2D eigenvalue weighted by atomic mass is 10.0. The first-order valence-corrected chi connectivity index (χ1v) is 7.21. The van der Waals surface area contributed by atoms with Crippen LogP contribution in [0.5, 0.6) is 0 Å². The third kappa shape index (κ3) is 3.32. The topological polar surface area (TPSA) is 20.3 Å². The zero-order valence-electron chi connectivity index (χ0n) is 10.8. The molecule has 1 aromatic rings. The number of carbonyl (C=O) groups is 1. The first kappa shape index (κ1) is 14.4. The van der Waals surface area contributed by atoms with E-state index in [1.54, 1.807) is 4.90 Å². The van der Waals surface area contributed by atoms with Crippen molar-refractivity contribution in [1.82, 2.24) is 4.90 Å². The SMILES string of the molecule is CC1CCCCN1C(=O)Cc1cc(F)c(Br)cc1F. The highest BCUT2D eigenvalue weighted by atomic mass is 79.9. The van der Waals surface area contributed by atoms with Gasteiger partial charge in [0.25, 0.3) is 0 Å². The minimum atomic E-state index is -0.550. The summed E-state index contributed by atoms with van der Waals surface area (Å²) in [5.41, 5.74) is 0.114. The van der Waals surface area contributed by atoms with Gasteiger partial charge in [0.05, 0.1) is 10.9 Å². The second-order valence-corrected chi connectivity index (χ2v) is 5.82. The van der Waals surface area contributed by atoms with E-state index >= 15 is 0 Å². The summed E-state index contributed by atoms with van der Waals surface area (Å²) in [4.78, 5) is 13.9. The lowest BCUT2D eigenvalue weighted by molar-refractivity contribution is -0.133. The fraction of sp³-hybridized carbons (Fsp3) is 0.500. The Hall–Kier alpha value is -0.970. The van der Waals surface area contributed by atoms with Crippen molar-refractivity contribution in [3.8, 4) is 0 Å². The van der Waals surface area contributed by atoms with E-state index < -0.39 is 11.6 Å². The van der Waals surface area contributed by atoms with Crippen LogP contribution in [0.1, 0.15) is 31.7 Å². The fourth-order valence-electron chi connectivity index (χ4n) is 2.43. The molecule has 1 aliphatic heterocycles. The number of hydrogen-bond donors (Lipinski definition) is 0. The van der Waals surface area contributed by atoms with Crippen molar-refractivity contribution in [2.45, 2.75) is 38.6 Å². The lowest BCUT2D eigenvalue weighted by Gasteiger charge is -2.33. The standard InChI is InChI=1S/C14H16BrF2NO/c1-9-4-2-3-5-18(9)14(19)7-10-6-13(17)11(15)8-12(10)16/h6,8-9H,2-5,7H2,1H3. The van der Waals surface area contributed by atoms with Crippen LogP contribution in [0.25, 0.3) is 0 Å².